The highest BCUT2D eigenvalue weighted by Gasteiger charge is 2.45. The Morgan fingerprint density at radius 2 is 1.68 bits per heavy atom. The van der Waals surface area contributed by atoms with Gasteiger partial charge in [0.1, 0.15) is 23.2 Å². The number of carbonyl (C=O) groups excluding carboxylic acids is 5. The minimum Gasteiger partial charge on any atom is -0.371 e. The molecule has 56 heavy (non-hydrogen) atoms. The molecule has 1 aromatic heterocycles. The number of amides is 5. The summed E-state index contributed by atoms with van der Waals surface area (Å²) in [6.45, 7) is 1.43. The van der Waals surface area contributed by atoms with Crippen molar-refractivity contribution in [2.45, 2.75) is 50.5 Å². The molecule has 1 unspecified atom stereocenters. The van der Waals surface area contributed by atoms with Crippen LogP contribution in [-0.4, -0.2) is 76.6 Å². The summed E-state index contributed by atoms with van der Waals surface area (Å²) in [6.07, 6.45) is -2.71. The number of hydrogen-bond donors (Lipinski definition) is 5. The summed E-state index contributed by atoms with van der Waals surface area (Å²) in [7, 11) is 1.40. The van der Waals surface area contributed by atoms with E-state index in [1.54, 1.807) is 42.5 Å². The van der Waals surface area contributed by atoms with Crippen LogP contribution in [0.5, 0.6) is 0 Å². The van der Waals surface area contributed by atoms with E-state index in [0.717, 1.165) is 10.6 Å². The van der Waals surface area contributed by atoms with Gasteiger partial charge in [-0.2, -0.15) is 18.2 Å². The van der Waals surface area contributed by atoms with Crippen molar-refractivity contribution >= 4 is 58.4 Å². The monoisotopic (exact) mass is 773 g/mol. The van der Waals surface area contributed by atoms with Crippen molar-refractivity contribution in [3.8, 4) is 0 Å². The van der Waals surface area contributed by atoms with Crippen molar-refractivity contribution in [1.29, 1.82) is 0 Å². The van der Waals surface area contributed by atoms with Crippen molar-refractivity contribution in [2.75, 3.05) is 35.7 Å². The number of halogens is 4. The topological polar surface area (TPSA) is 178 Å². The predicted octanol–water partition coefficient (Wildman–Crippen LogP) is 4.64. The van der Waals surface area contributed by atoms with E-state index in [-0.39, 0.29) is 59.4 Å². The molecule has 3 aliphatic rings. The second kappa shape index (κ2) is 15.4. The molecule has 0 radical (unpaired) electrons. The fourth-order valence-electron chi connectivity index (χ4n) is 6.95. The first-order valence-corrected chi connectivity index (χ1v) is 17.7. The number of piperidine rings is 2. The number of benzene rings is 3. The molecule has 5 N–H and O–H groups in total. The molecule has 3 aromatic carbocycles. The summed E-state index contributed by atoms with van der Waals surface area (Å²) >= 11 is 0. The highest BCUT2D eigenvalue weighted by Crippen LogP contribution is 2.36. The average molecular weight is 774 g/mol. The van der Waals surface area contributed by atoms with Gasteiger partial charge in [0.05, 0.1) is 22.4 Å². The van der Waals surface area contributed by atoms with Gasteiger partial charge in [-0.3, -0.25) is 34.2 Å². The lowest BCUT2D eigenvalue weighted by Crippen LogP contribution is -2.54. The molecule has 5 amide bonds. The zero-order chi connectivity index (χ0) is 39.7. The quantitative estimate of drug-likeness (QED) is 0.112. The first-order chi connectivity index (χ1) is 26.8. The van der Waals surface area contributed by atoms with Gasteiger partial charge in [0.2, 0.25) is 17.8 Å². The lowest BCUT2D eigenvalue weighted by Gasteiger charge is -2.34. The summed E-state index contributed by atoms with van der Waals surface area (Å²) in [6, 6.07) is 14.3. The summed E-state index contributed by atoms with van der Waals surface area (Å²) in [5.74, 6) is -4.17. The Labute approximate surface area is 317 Å². The summed E-state index contributed by atoms with van der Waals surface area (Å²) in [5, 5.41) is 13.3. The maximum absolute atomic E-state index is 15.3. The van der Waals surface area contributed by atoms with Gasteiger partial charge in [0.25, 0.3) is 17.7 Å². The lowest BCUT2D eigenvalue weighted by atomic mass is 10.0. The summed E-state index contributed by atoms with van der Waals surface area (Å²) in [4.78, 5) is 73.4. The Kier molecular flexibility index (Phi) is 10.4. The molecule has 3 aliphatic heterocycles. The molecular weight excluding hydrogens is 738 g/mol. The maximum atomic E-state index is 15.3. The number of aromatic nitrogens is 2. The molecule has 0 bridgehead atoms. The van der Waals surface area contributed by atoms with E-state index in [1.807, 2.05) is 0 Å². The third-order valence-electron chi connectivity index (χ3n) is 9.92. The molecule has 2 saturated heterocycles. The number of anilines is 5. The average Bonchev–Trinajstić information content (AvgIpc) is 3.42. The largest absolute Gasteiger partial charge is 0.421 e. The van der Waals surface area contributed by atoms with E-state index in [0.29, 0.717) is 37.7 Å². The number of imide groups is 2. The summed E-state index contributed by atoms with van der Waals surface area (Å²) < 4.78 is 56.9. The van der Waals surface area contributed by atoms with E-state index in [1.165, 1.54) is 25.2 Å². The van der Waals surface area contributed by atoms with E-state index in [4.69, 9.17) is 0 Å². The summed E-state index contributed by atoms with van der Waals surface area (Å²) in [5.41, 5.74) is 0.751. The molecule has 4 aromatic rings. The number of alkyl halides is 3. The van der Waals surface area contributed by atoms with Gasteiger partial charge < -0.3 is 26.2 Å². The Bertz CT molecular complexity index is 2240. The van der Waals surface area contributed by atoms with Crippen molar-refractivity contribution in [3.63, 3.8) is 0 Å². The van der Waals surface area contributed by atoms with E-state index >= 15 is 4.39 Å². The Balaban J connectivity index is 0.953. The lowest BCUT2D eigenvalue weighted by molar-refractivity contribution is -0.138. The van der Waals surface area contributed by atoms with Gasteiger partial charge in [-0.1, -0.05) is 18.2 Å². The van der Waals surface area contributed by atoms with Gasteiger partial charge in [-0.15, -0.1) is 0 Å². The molecule has 0 aliphatic carbocycles. The smallest absolute Gasteiger partial charge is 0.371 e. The second-order valence-electron chi connectivity index (χ2n) is 13.5. The standard InChI is InChI=1S/C38H35F4N9O5/c1-43-33(53)25-4-2-3-5-29(25)47-32-27(38(40,41)42)19-45-37(49-32)46-22-7-6-20(28(39)16-22)18-44-21-12-14-50(15-13-21)23-8-9-24-26(17-23)36(56)51(35(24)55)30-10-11-31(52)48-34(30)54/h2-9,16-17,19,21,30,44H,10-15,18H2,1H3,(H,43,53)(H,48,52,54)(H2,45,46,47,49). The van der Waals surface area contributed by atoms with Crippen molar-refractivity contribution in [2.24, 2.45) is 0 Å². The second-order valence-corrected chi connectivity index (χ2v) is 13.5. The Morgan fingerprint density at radius 1 is 0.929 bits per heavy atom. The van der Waals surface area contributed by atoms with Crippen LogP contribution >= 0.6 is 0 Å². The van der Waals surface area contributed by atoms with Gasteiger partial charge in [0, 0.05) is 62.3 Å². The first kappa shape index (κ1) is 37.9. The number of rotatable bonds is 10. The molecule has 7 rings (SSSR count). The van der Waals surface area contributed by atoms with Crippen LogP contribution in [0.25, 0.3) is 0 Å². The van der Waals surface area contributed by atoms with Gasteiger partial charge in [-0.25, -0.2) is 9.37 Å². The molecule has 4 heterocycles. The number of para-hydroxylation sites is 1. The van der Waals surface area contributed by atoms with Crippen LogP contribution in [0.15, 0.2) is 66.9 Å². The third kappa shape index (κ3) is 7.72. The predicted molar refractivity (Wildman–Crippen MR) is 195 cm³/mol. The van der Waals surface area contributed by atoms with Crippen LogP contribution in [0.1, 0.15) is 67.9 Å². The molecule has 2 fully saturated rings. The fourth-order valence-corrected chi connectivity index (χ4v) is 6.95. The van der Waals surface area contributed by atoms with Crippen LogP contribution in [-0.2, 0) is 22.3 Å². The van der Waals surface area contributed by atoms with E-state index in [9.17, 15) is 37.1 Å². The number of nitrogens with one attached hydrogen (secondary N) is 5. The number of nitrogens with zero attached hydrogens (tertiary/aromatic N) is 4. The molecule has 14 nitrogen and oxygen atoms in total. The Morgan fingerprint density at radius 3 is 2.39 bits per heavy atom. The fraction of sp³-hybridized carbons (Fsp3) is 0.289. The Hall–Kier alpha value is -6.43. The zero-order valence-electron chi connectivity index (χ0n) is 29.8. The van der Waals surface area contributed by atoms with Crippen LogP contribution < -0.4 is 31.5 Å². The molecule has 18 heteroatoms. The third-order valence-corrected chi connectivity index (χ3v) is 9.92. The van der Waals surface area contributed by atoms with Gasteiger partial charge in [0.15, 0.2) is 0 Å². The van der Waals surface area contributed by atoms with Crippen molar-refractivity contribution in [1.82, 2.24) is 30.8 Å². The van der Waals surface area contributed by atoms with Gasteiger partial charge >= 0.3 is 6.18 Å². The highest BCUT2D eigenvalue weighted by molar-refractivity contribution is 6.23. The van der Waals surface area contributed by atoms with Crippen molar-refractivity contribution in [3.05, 3.63) is 100 Å². The van der Waals surface area contributed by atoms with Crippen LogP contribution in [0.2, 0.25) is 0 Å². The molecule has 0 saturated carbocycles. The SMILES string of the molecule is CNC(=O)c1ccccc1Nc1nc(Nc2ccc(CNC3CCN(c4ccc5c(c4)C(=O)N(C4CCC(=O)NC4=O)C5=O)CC3)c(F)c2)ncc1C(F)(F)F. The maximum Gasteiger partial charge on any atom is 0.421 e. The molecule has 1 atom stereocenters. The zero-order valence-corrected chi connectivity index (χ0v) is 29.8. The molecular formula is C38H35F4N9O5. The van der Waals surface area contributed by atoms with Crippen LogP contribution in [0.3, 0.4) is 0 Å². The highest BCUT2D eigenvalue weighted by atomic mass is 19.4. The van der Waals surface area contributed by atoms with Crippen LogP contribution in [0.4, 0.5) is 46.4 Å². The number of hydrogen-bond acceptors (Lipinski definition) is 11. The van der Waals surface area contributed by atoms with Crippen LogP contribution in [0, 0.1) is 5.82 Å². The first-order valence-electron chi connectivity index (χ1n) is 17.7. The number of fused-ring (bicyclic) bond motifs is 1. The normalized spacial score (nSPS) is 17.5. The van der Waals surface area contributed by atoms with E-state index < -0.39 is 59.0 Å². The molecule has 0 spiro atoms. The minimum absolute atomic E-state index is 0.0356. The van der Waals surface area contributed by atoms with Crippen molar-refractivity contribution < 1.29 is 41.5 Å². The van der Waals surface area contributed by atoms with E-state index in [2.05, 4.69) is 41.5 Å². The minimum atomic E-state index is -4.81. The molecule has 290 valence electrons. The van der Waals surface area contributed by atoms with Gasteiger partial charge in [-0.05, 0) is 61.7 Å². The number of carbonyl (C=O) groups is 5.